The van der Waals surface area contributed by atoms with Crippen molar-refractivity contribution >= 4 is 19.7 Å². The van der Waals surface area contributed by atoms with E-state index in [0.717, 1.165) is 6.04 Å². The topological polar surface area (TPSA) is 70.8 Å². The molecule has 0 aliphatic rings. The Hall–Kier alpha value is -1.69. The summed E-state index contributed by atoms with van der Waals surface area (Å²) in [7, 11) is 1.80. The molecule has 1 rings (SSSR count). The van der Waals surface area contributed by atoms with Crippen molar-refractivity contribution in [2.24, 2.45) is 0 Å². The summed E-state index contributed by atoms with van der Waals surface area (Å²) in [6, 6.07) is 4.03. The maximum Gasteiger partial charge on any atom is 0.340 e. The monoisotopic (exact) mass is 297 g/mol. The Labute approximate surface area is 121 Å². The highest BCUT2D eigenvalue weighted by Crippen LogP contribution is 2.32. The second kappa shape index (κ2) is 6.65. The van der Waals surface area contributed by atoms with E-state index in [1.165, 1.54) is 14.2 Å². The van der Waals surface area contributed by atoms with Gasteiger partial charge >= 0.3 is 5.97 Å². The minimum atomic E-state index is -1.22. The maximum absolute atomic E-state index is 12.0. The van der Waals surface area contributed by atoms with Crippen LogP contribution in [-0.4, -0.2) is 34.9 Å². The summed E-state index contributed by atoms with van der Waals surface area (Å²) in [6.07, 6.45) is 0. The lowest BCUT2D eigenvalue weighted by molar-refractivity contribution is 0.0526. The average molecular weight is 297 g/mol. The van der Waals surface area contributed by atoms with Crippen molar-refractivity contribution in [1.82, 2.24) is 0 Å². The first-order chi connectivity index (χ1) is 9.28. The van der Waals surface area contributed by atoms with Crippen LogP contribution in [0.2, 0.25) is 25.7 Å². The number of anilines is 1. The van der Waals surface area contributed by atoms with Gasteiger partial charge in [0.15, 0.2) is 11.5 Å². The number of hydrogen-bond acceptors (Lipinski definition) is 5. The Morgan fingerprint density at radius 1 is 1.15 bits per heavy atom. The van der Waals surface area contributed by atoms with Crippen LogP contribution in [0.1, 0.15) is 10.4 Å². The van der Waals surface area contributed by atoms with E-state index in [9.17, 15) is 4.79 Å². The molecule has 0 unspecified atom stereocenters. The summed E-state index contributed by atoms with van der Waals surface area (Å²) in [5, 5.41) is 0. The van der Waals surface area contributed by atoms with Crippen molar-refractivity contribution in [1.29, 1.82) is 0 Å². The third-order valence-corrected chi connectivity index (χ3v) is 4.56. The highest BCUT2D eigenvalue weighted by atomic mass is 28.3. The molecule has 0 amide bonds. The molecule has 0 aromatic heterocycles. The molecule has 0 heterocycles. The molecule has 20 heavy (non-hydrogen) atoms. The van der Waals surface area contributed by atoms with Crippen LogP contribution in [0, 0.1) is 0 Å². The van der Waals surface area contributed by atoms with Gasteiger partial charge in [-0.1, -0.05) is 19.6 Å². The fourth-order valence-corrected chi connectivity index (χ4v) is 2.31. The van der Waals surface area contributed by atoms with Gasteiger partial charge in [-0.25, -0.2) is 4.79 Å². The van der Waals surface area contributed by atoms with Gasteiger partial charge in [0, 0.05) is 20.2 Å². The first-order valence-corrected chi connectivity index (χ1v) is 10.2. The number of rotatable bonds is 6. The maximum atomic E-state index is 12.0. The molecule has 0 aliphatic heterocycles. The Morgan fingerprint density at radius 3 is 2.20 bits per heavy atom. The smallest absolute Gasteiger partial charge is 0.340 e. The van der Waals surface area contributed by atoms with Crippen LogP contribution in [0.4, 0.5) is 5.69 Å². The normalized spacial score (nSPS) is 11.1. The number of esters is 1. The van der Waals surface area contributed by atoms with Crippen LogP contribution in [0.15, 0.2) is 12.1 Å². The number of hydrogen-bond donors (Lipinski definition) is 1. The lowest BCUT2D eigenvalue weighted by atomic mass is 10.1. The third kappa shape index (κ3) is 4.45. The van der Waals surface area contributed by atoms with E-state index in [1.807, 2.05) is 0 Å². The predicted molar refractivity (Wildman–Crippen MR) is 82.4 cm³/mol. The van der Waals surface area contributed by atoms with Crippen molar-refractivity contribution in [2.75, 3.05) is 26.6 Å². The number of nitrogens with two attached hydrogens (primary N) is 1. The summed E-state index contributed by atoms with van der Waals surface area (Å²) in [5.74, 6) is 0.518. The second-order valence-corrected chi connectivity index (χ2v) is 11.4. The van der Waals surface area contributed by atoms with E-state index in [2.05, 4.69) is 19.6 Å². The number of methoxy groups -OCH3 is 2. The molecular weight excluding hydrogens is 274 g/mol. The van der Waals surface area contributed by atoms with Gasteiger partial charge in [0.1, 0.15) is 0 Å². The molecular formula is C14H23NO4Si. The van der Waals surface area contributed by atoms with E-state index in [0.29, 0.717) is 29.4 Å². The van der Waals surface area contributed by atoms with Crippen molar-refractivity contribution in [3.63, 3.8) is 0 Å². The van der Waals surface area contributed by atoms with Crippen molar-refractivity contribution in [3.8, 4) is 11.5 Å². The van der Waals surface area contributed by atoms with Crippen LogP contribution in [0.3, 0.4) is 0 Å². The minimum Gasteiger partial charge on any atom is -0.493 e. The molecule has 0 saturated carbocycles. The molecule has 112 valence electrons. The molecule has 0 fully saturated rings. The lowest BCUT2D eigenvalue weighted by Gasteiger charge is -2.16. The van der Waals surface area contributed by atoms with Crippen molar-refractivity contribution in [2.45, 2.75) is 25.7 Å². The van der Waals surface area contributed by atoms with Crippen LogP contribution in [-0.2, 0) is 4.74 Å². The number of carbonyl (C=O) groups is 1. The summed E-state index contributed by atoms with van der Waals surface area (Å²) in [5.41, 5.74) is 6.48. The molecule has 0 aliphatic carbocycles. The molecule has 0 spiro atoms. The molecule has 1 aromatic rings. The third-order valence-electron chi connectivity index (χ3n) is 2.86. The Bertz CT molecular complexity index is 483. The first-order valence-electron chi connectivity index (χ1n) is 6.47. The van der Waals surface area contributed by atoms with Crippen molar-refractivity contribution < 1.29 is 19.0 Å². The zero-order valence-corrected chi connectivity index (χ0v) is 13.8. The van der Waals surface area contributed by atoms with E-state index in [4.69, 9.17) is 19.9 Å². The SMILES string of the molecule is COc1cc(N)c(C(=O)OCC[Si](C)(C)C)cc1OC. The molecule has 1 aromatic carbocycles. The van der Waals surface area contributed by atoms with Gasteiger partial charge in [-0.15, -0.1) is 0 Å². The van der Waals surface area contributed by atoms with E-state index < -0.39 is 14.0 Å². The lowest BCUT2D eigenvalue weighted by Crippen LogP contribution is -2.23. The summed E-state index contributed by atoms with van der Waals surface area (Å²) >= 11 is 0. The highest BCUT2D eigenvalue weighted by molar-refractivity contribution is 6.76. The number of benzene rings is 1. The molecule has 0 atom stereocenters. The first kappa shape index (κ1) is 16.4. The Morgan fingerprint density at radius 2 is 1.70 bits per heavy atom. The number of carbonyl (C=O) groups excluding carboxylic acids is 1. The van der Waals surface area contributed by atoms with Gasteiger partial charge in [-0.05, 0) is 6.04 Å². The molecule has 6 heteroatoms. The van der Waals surface area contributed by atoms with Gasteiger partial charge < -0.3 is 19.9 Å². The van der Waals surface area contributed by atoms with Crippen molar-refractivity contribution in [3.05, 3.63) is 17.7 Å². The highest BCUT2D eigenvalue weighted by Gasteiger charge is 2.18. The summed E-state index contributed by atoms with van der Waals surface area (Å²) in [6.45, 7) is 7.10. The average Bonchev–Trinajstić information content (AvgIpc) is 2.36. The van der Waals surface area contributed by atoms with E-state index in [-0.39, 0.29) is 0 Å². The zero-order valence-electron chi connectivity index (χ0n) is 12.8. The molecule has 0 saturated heterocycles. The summed E-state index contributed by atoms with van der Waals surface area (Å²) in [4.78, 5) is 12.0. The Balaban J connectivity index is 2.82. The van der Waals surface area contributed by atoms with Crippen LogP contribution >= 0.6 is 0 Å². The van der Waals surface area contributed by atoms with Gasteiger partial charge in [-0.2, -0.15) is 0 Å². The number of ether oxygens (including phenoxy) is 3. The van der Waals surface area contributed by atoms with Crippen LogP contribution in [0.25, 0.3) is 0 Å². The Kier molecular flexibility index (Phi) is 5.44. The molecule has 2 N–H and O–H groups in total. The standard InChI is InChI=1S/C14H23NO4Si/c1-17-12-8-10(11(15)9-13(12)18-2)14(16)19-6-7-20(3,4)5/h8-9H,6-7,15H2,1-5H3. The predicted octanol–water partition coefficient (Wildman–Crippen LogP) is 2.78. The largest absolute Gasteiger partial charge is 0.493 e. The fraction of sp³-hybridized carbons (Fsp3) is 0.500. The van der Waals surface area contributed by atoms with E-state index in [1.54, 1.807) is 12.1 Å². The van der Waals surface area contributed by atoms with Gasteiger partial charge in [-0.3, -0.25) is 0 Å². The van der Waals surface area contributed by atoms with Crippen LogP contribution in [0.5, 0.6) is 11.5 Å². The van der Waals surface area contributed by atoms with Crippen LogP contribution < -0.4 is 15.2 Å². The molecule has 0 bridgehead atoms. The van der Waals surface area contributed by atoms with Gasteiger partial charge in [0.2, 0.25) is 0 Å². The molecule has 0 radical (unpaired) electrons. The van der Waals surface area contributed by atoms with Gasteiger partial charge in [0.25, 0.3) is 0 Å². The zero-order chi connectivity index (χ0) is 15.3. The van der Waals surface area contributed by atoms with E-state index >= 15 is 0 Å². The van der Waals surface area contributed by atoms with Gasteiger partial charge in [0.05, 0.1) is 32.1 Å². The molecule has 5 nitrogen and oxygen atoms in total. The number of nitrogen functional groups attached to an aromatic ring is 1. The minimum absolute atomic E-state index is 0.304. The summed E-state index contributed by atoms with van der Waals surface area (Å²) < 4.78 is 15.6. The quantitative estimate of drug-likeness (QED) is 0.496. The second-order valence-electron chi connectivity index (χ2n) is 5.74. The fourth-order valence-electron chi connectivity index (χ4n) is 1.60.